The van der Waals surface area contributed by atoms with Crippen molar-refractivity contribution in [1.29, 1.82) is 0 Å². The molecule has 2 aromatic carbocycles. The fraction of sp³-hybridized carbons (Fsp3) is 0.130. The normalized spacial score (nSPS) is 11.3. The minimum absolute atomic E-state index is 0.0436. The first-order valence-corrected chi connectivity index (χ1v) is 11.0. The lowest BCUT2D eigenvalue weighted by Gasteiger charge is -2.14. The van der Waals surface area contributed by atoms with Crippen molar-refractivity contribution >= 4 is 26.8 Å². The topological polar surface area (TPSA) is 96.7 Å². The van der Waals surface area contributed by atoms with E-state index in [1.54, 1.807) is 30.3 Å². The van der Waals surface area contributed by atoms with E-state index in [2.05, 4.69) is 4.98 Å². The van der Waals surface area contributed by atoms with E-state index in [1.165, 1.54) is 57.9 Å². The molecule has 0 unspecified atom stereocenters. The molecule has 0 saturated heterocycles. The summed E-state index contributed by atoms with van der Waals surface area (Å²) < 4.78 is 44.0. The van der Waals surface area contributed by atoms with Crippen LogP contribution in [0, 0.1) is 0 Å². The van der Waals surface area contributed by atoms with E-state index < -0.39 is 15.8 Å². The highest BCUT2D eigenvalue weighted by Gasteiger charge is 2.28. The van der Waals surface area contributed by atoms with Gasteiger partial charge in [0, 0.05) is 17.1 Å². The summed E-state index contributed by atoms with van der Waals surface area (Å²) in [4.78, 5) is 17.9. The van der Waals surface area contributed by atoms with E-state index >= 15 is 0 Å². The molecule has 0 fully saturated rings. The molecule has 0 spiro atoms. The van der Waals surface area contributed by atoms with Gasteiger partial charge in [0.2, 0.25) is 11.5 Å². The number of ether oxygens (including phenoxy) is 3. The number of ketones is 1. The van der Waals surface area contributed by atoms with E-state index in [-0.39, 0.29) is 33.3 Å². The third kappa shape index (κ3) is 3.46. The van der Waals surface area contributed by atoms with E-state index in [4.69, 9.17) is 14.2 Å². The molecule has 0 aliphatic heterocycles. The van der Waals surface area contributed by atoms with Crippen molar-refractivity contribution in [3.63, 3.8) is 0 Å². The molecule has 0 radical (unpaired) electrons. The predicted molar refractivity (Wildman–Crippen MR) is 118 cm³/mol. The summed E-state index contributed by atoms with van der Waals surface area (Å²) in [6.45, 7) is 0. The van der Waals surface area contributed by atoms with Crippen LogP contribution in [0.3, 0.4) is 0 Å². The Morgan fingerprint density at radius 3 is 2.12 bits per heavy atom. The second-order valence-corrected chi connectivity index (χ2v) is 8.56. The minimum Gasteiger partial charge on any atom is -0.493 e. The summed E-state index contributed by atoms with van der Waals surface area (Å²) in [7, 11) is 0.226. The van der Waals surface area contributed by atoms with Gasteiger partial charge in [-0.3, -0.25) is 4.79 Å². The molecule has 2 aromatic heterocycles. The highest BCUT2D eigenvalue weighted by atomic mass is 32.2. The number of methoxy groups -OCH3 is 3. The average molecular weight is 452 g/mol. The number of aromatic nitrogens is 2. The third-order valence-corrected chi connectivity index (χ3v) is 6.68. The number of benzene rings is 2. The summed E-state index contributed by atoms with van der Waals surface area (Å²) >= 11 is 0. The minimum atomic E-state index is -4.10. The average Bonchev–Trinajstić information content (AvgIpc) is 3.23. The largest absolute Gasteiger partial charge is 0.493 e. The van der Waals surface area contributed by atoms with Crippen molar-refractivity contribution in [3.8, 4) is 17.2 Å². The Kier molecular flexibility index (Phi) is 5.58. The number of hydrogen-bond acceptors (Lipinski definition) is 7. The van der Waals surface area contributed by atoms with Crippen molar-refractivity contribution in [2.45, 2.75) is 4.90 Å². The van der Waals surface area contributed by atoms with Crippen LogP contribution in [0.5, 0.6) is 17.2 Å². The molecule has 0 saturated carbocycles. The SMILES string of the molecule is COc1cc(C(=O)c2cc3cccnc3n2S(=O)(=O)c2ccccc2)cc(OC)c1OC. The Hall–Kier alpha value is -3.85. The van der Waals surface area contributed by atoms with E-state index in [0.717, 1.165) is 3.97 Å². The Balaban J connectivity index is 1.97. The van der Waals surface area contributed by atoms with E-state index in [1.807, 2.05) is 0 Å². The molecule has 8 nitrogen and oxygen atoms in total. The molecule has 32 heavy (non-hydrogen) atoms. The van der Waals surface area contributed by atoms with Crippen LogP contribution in [-0.4, -0.2) is 44.5 Å². The molecule has 0 amide bonds. The van der Waals surface area contributed by atoms with E-state index in [0.29, 0.717) is 11.1 Å². The Labute approximate surface area is 185 Å². The van der Waals surface area contributed by atoms with E-state index in [9.17, 15) is 13.2 Å². The Bertz CT molecular complexity index is 1390. The summed E-state index contributed by atoms with van der Waals surface area (Å²) in [5.74, 6) is 0.344. The lowest BCUT2D eigenvalue weighted by atomic mass is 10.1. The quantitative estimate of drug-likeness (QED) is 0.396. The number of carbonyl (C=O) groups excluding carboxylic acids is 1. The first-order chi connectivity index (χ1) is 15.4. The zero-order valence-electron chi connectivity index (χ0n) is 17.6. The van der Waals surface area contributed by atoms with Crippen LogP contribution in [0.2, 0.25) is 0 Å². The highest BCUT2D eigenvalue weighted by molar-refractivity contribution is 7.90. The highest BCUT2D eigenvalue weighted by Crippen LogP contribution is 2.39. The standard InChI is InChI=1S/C23H20N2O6S/c1-29-19-13-16(14-20(30-2)22(19)31-3)21(26)18-12-15-8-7-11-24-23(15)25(18)32(27,28)17-9-5-4-6-10-17/h4-14H,1-3H3. The molecule has 4 rings (SSSR count). The van der Waals surface area contributed by atoms with Crippen LogP contribution in [0.4, 0.5) is 0 Å². The van der Waals surface area contributed by atoms with Crippen molar-refractivity contribution in [2.75, 3.05) is 21.3 Å². The van der Waals surface area contributed by atoms with Crippen LogP contribution >= 0.6 is 0 Å². The maximum absolute atomic E-state index is 13.6. The van der Waals surface area contributed by atoms with Gasteiger partial charge in [0.25, 0.3) is 10.0 Å². The maximum atomic E-state index is 13.6. The first-order valence-electron chi connectivity index (χ1n) is 9.54. The lowest BCUT2D eigenvalue weighted by molar-refractivity contribution is 0.103. The fourth-order valence-corrected chi connectivity index (χ4v) is 4.96. The molecular formula is C23H20N2O6S. The molecule has 4 aromatic rings. The van der Waals surface area contributed by atoms with Gasteiger partial charge in [0.05, 0.1) is 26.2 Å². The van der Waals surface area contributed by atoms with Crippen molar-refractivity contribution in [1.82, 2.24) is 8.96 Å². The number of fused-ring (bicyclic) bond motifs is 1. The first kappa shape index (κ1) is 21.4. The lowest BCUT2D eigenvalue weighted by Crippen LogP contribution is -2.19. The Morgan fingerprint density at radius 1 is 0.875 bits per heavy atom. The smallest absolute Gasteiger partial charge is 0.270 e. The molecular weight excluding hydrogens is 432 g/mol. The zero-order chi connectivity index (χ0) is 22.9. The van der Waals surface area contributed by atoms with Crippen LogP contribution in [0.25, 0.3) is 11.0 Å². The summed E-state index contributed by atoms with van der Waals surface area (Å²) in [5.41, 5.74) is 0.274. The third-order valence-electron chi connectivity index (χ3n) is 4.96. The molecule has 0 bridgehead atoms. The van der Waals surface area contributed by atoms with Crippen LogP contribution in [0.1, 0.15) is 16.1 Å². The molecule has 2 heterocycles. The van der Waals surface area contributed by atoms with Crippen LogP contribution < -0.4 is 14.2 Å². The maximum Gasteiger partial charge on any atom is 0.270 e. The zero-order valence-corrected chi connectivity index (χ0v) is 18.4. The predicted octanol–water partition coefficient (Wildman–Crippen LogP) is 3.53. The molecule has 0 aliphatic carbocycles. The molecule has 0 N–H and O–H groups in total. The number of hydrogen-bond donors (Lipinski definition) is 0. The van der Waals surface area contributed by atoms with Crippen LogP contribution in [-0.2, 0) is 10.0 Å². The number of nitrogens with zero attached hydrogens (tertiary/aromatic N) is 2. The van der Waals surface area contributed by atoms with Gasteiger partial charge in [-0.15, -0.1) is 0 Å². The van der Waals surface area contributed by atoms with Gasteiger partial charge in [0.15, 0.2) is 17.1 Å². The van der Waals surface area contributed by atoms with Crippen molar-refractivity contribution in [3.05, 3.63) is 78.1 Å². The van der Waals surface area contributed by atoms with Gasteiger partial charge >= 0.3 is 0 Å². The van der Waals surface area contributed by atoms with Crippen molar-refractivity contribution in [2.24, 2.45) is 0 Å². The molecule has 0 atom stereocenters. The number of carbonyl (C=O) groups is 1. The van der Waals surface area contributed by atoms with Gasteiger partial charge in [0.1, 0.15) is 5.69 Å². The summed E-state index contributed by atoms with van der Waals surface area (Å²) in [6.07, 6.45) is 1.48. The van der Waals surface area contributed by atoms with Crippen LogP contribution in [0.15, 0.2) is 71.8 Å². The molecule has 9 heteroatoms. The van der Waals surface area contributed by atoms with Gasteiger partial charge < -0.3 is 14.2 Å². The van der Waals surface area contributed by atoms with Gasteiger partial charge in [-0.25, -0.2) is 17.4 Å². The number of rotatable bonds is 7. The van der Waals surface area contributed by atoms with Gasteiger partial charge in [-0.05, 0) is 42.5 Å². The summed E-state index contributed by atoms with van der Waals surface area (Å²) in [5, 5.41) is 0.516. The monoisotopic (exact) mass is 452 g/mol. The van der Waals surface area contributed by atoms with Gasteiger partial charge in [-0.2, -0.15) is 0 Å². The summed E-state index contributed by atoms with van der Waals surface area (Å²) in [6, 6.07) is 15.7. The fourth-order valence-electron chi connectivity index (χ4n) is 3.47. The Morgan fingerprint density at radius 2 is 1.53 bits per heavy atom. The van der Waals surface area contributed by atoms with Crippen molar-refractivity contribution < 1.29 is 27.4 Å². The van der Waals surface area contributed by atoms with Gasteiger partial charge in [-0.1, -0.05) is 18.2 Å². The molecule has 164 valence electrons. The number of pyridine rings is 1. The second-order valence-electron chi connectivity index (χ2n) is 6.77. The second kappa shape index (κ2) is 8.35. The molecule has 0 aliphatic rings.